The Hall–Kier alpha value is -1.77. The lowest BCUT2D eigenvalue weighted by Crippen LogP contribution is -2.50. The van der Waals surface area contributed by atoms with Gasteiger partial charge in [0.1, 0.15) is 0 Å². The van der Waals surface area contributed by atoms with E-state index in [9.17, 15) is 9.59 Å². The van der Waals surface area contributed by atoms with Crippen LogP contribution in [0.4, 0.5) is 0 Å². The first-order valence-corrected chi connectivity index (χ1v) is 9.83. The van der Waals surface area contributed by atoms with Crippen LogP contribution in [0.15, 0.2) is 12.5 Å². The lowest BCUT2D eigenvalue weighted by Gasteiger charge is -2.22. The molecule has 0 aliphatic rings. The van der Waals surface area contributed by atoms with Gasteiger partial charge in [-0.05, 0) is 59.3 Å². The zero-order valence-electron chi connectivity index (χ0n) is 17.0. The first-order chi connectivity index (χ1) is 13.0. The third-order valence-electron chi connectivity index (χ3n) is 4.59. The van der Waals surface area contributed by atoms with E-state index in [4.69, 9.17) is 5.73 Å². The first kappa shape index (κ1) is 23.3. The maximum Gasteiger partial charge on any atom is 0.238 e. The van der Waals surface area contributed by atoms with E-state index in [0.717, 1.165) is 37.9 Å². The van der Waals surface area contributed by atoms with Crippen molar-refractivity contribution in [2.75, 3.05) is 27.2 Å². The third-order valence-corrected chi connectivity index (χ3v) is 4.59. The number of hydrogen-bond acceptors (Lipinski definition) is 6. The number of carbonyl (C=O) groups excluding carboxylic acids is 2. The predicted molar refractivity (Wildman–Crippen MR) is 107 cm³/mol. The molecule has 0 aliphatic carbocycles. The maximum atomic E-state index is 12.7. The monoisotopic (exact) mass is 380 g/mol. The average Bonchev–Trinajstić information content (AvgIpc) is 3.07. The van der Waals surface area contributed by atoms with Crippen molar-refractivity contribution in [3.8, 4) is 0 Å². The zero-order chi connectivity index (χ0) is 20.1. The molecule has 2 unspecified atom stereocenters. The van der Waals surface area contributed by atoms with Gasteiger partial charge in [0.2, 0.25) is 5.91 Å². The van der Waals surface area contributed by atoms with E-state index < -0.39 is 12.1 Å². The molecule has 0 saturated heterocycles. The lowest BCUT2D eigenvalue weighted by molar-refractivity contribution is -0.129. The van der Waals surface area contributed by atoms with E-state index in [1.54, 1.807) is 13.4 Å². The number of aryl methyl sites for hydroxylation is 1. The van der Waals surface area contributed by atoms with Crippen molar-refractivity contribution in [1.82, 2.24) is 25.5 Å². The highest BCUT2D eigenvalue weighted by molar-refractivity contribution is 5.90. The van der Waals surface area contributed by atoms with Gasteiger partial charge in [-0.3, -0.25) is 9.59 Å². The van der Waals surface area contributed by atoms with E-state index >= 15 is 0 Å². The molecule has 0 fully saturated rings. The number of unbranched alkanes of at least 4 members (excludes halogenated alkanes) is 2. The number of rotatable bonds is 15. The molecule has 8 nitrogen and oxygen atoms in total. The van der Waals surface area contributed by atoms with Crippen molar-refractivity contribution in [3.05, 3.63) is 18.2 Å². The summed E-state index contributed by atoms with van der Waals surface area (Å²) in [6.07, 6.45) is 8.66. The SMILES string of the molecule is CNCCCCC(NC(=O)C(Cc1cn(C)cn1)NC)C(=O)CCCCN. The van der Waals surface area contributed by atoms with Crippen molar-refractivity contribution in [2.45, 2.75) is 57.0 Å². The van der Waals surface area contributed by atoms with Gasteiger partial charge in [-0.15, -0.1) is 0 Å². The molecule has 1 aromatic heterocycles. The normalized spacial score (nSPS) is 13.3. The van der Waals surface area contributed by atoms with Gasteiger partial charge in [0.15, 0.2) is 5.78 Å². The fourth-order valence-corrected chi connectivity index (χ4v) is 2.96. The molecule has 1 amide bonds. The van der Waals surface area contributed by atoms with Gasteiger partial charge >= 0.3 is 0 Å². The van der Waals surface area contributed by atoms with E-state index in [1.807, 2.05) is 24.9 Å². The summed E-state index contributed by atoms with van der Waals surface area (Å²) in [6, 6.07) is -0.858. The van der Waals surface area contributed by atoms with Crippen molar-refractivity contribution < 1.29 is 9.59 Å². The minimum Gasteiger partial charge on any atom is -0.345 e. The summed E-state index contributed by atoms with van der Waals surface area (Å²) in [7, 11) is 5.55. The number of likely N-dealkylation sites (N-methyl/N-ethyl adjacent to an activating group) is 1. The molecule has 0 spiro atoms. The number of nitrogens with one attached hydrogen (secondary N) is 3. The fourth-order valence-electron chi connectivity index (χ4n) is 2.96. The Morgan fingerprint density at radius 2 is 1.96 bits per heavy atom. The van der Waals surface area contributed by atoms with E-state index in [2.05, 4.69) is 20.9 Å². The molecule has 0 aromatic carbocycles. The molecular weight excluding hydrogens is 344 g/mol. The molecule has 27 heavy (non-hydrogen) atoms. The van der Waals surface area contributed by atoms with Gasteiger partial charge in [-0.25, -0.2) is 4.98 Å². The molecule has 0 radical (unpaired) electrons. The molecule has 1 heterocycles. The summed E-state index contributed by atoms with van der Waals surface area (Å²) in [5, 5.41) is 9.10. The van der Waals surface area contributed by atoms with E-state index in [1.165, 1.54) is 0 Å². The van der Waals surface area contributed by atoms with Crippen LogP contribution in [0.1, 0.15) is 44.2 Å². The Bertz CT molecular complexity index is 560. The van der Waals surface area contributed by atoms with Crippen molar-refractivity contribution in [3.63, 3.8) is 0 Å². The van der Waals surface area contributed by atoms with E-state index in [0.29, 0.717) is 25.8 Å². The van der Waals surface area contributed by atoms with Crippen molar-refractivity contribution in [2.24, 2.45) is 12.8 Å². The highest BCUT2D eigenvalue weighted by atomic mass is 16.2. The summed E-state index contributed by atoms with van der Waals surface area (Å²) in [5.74, 6) is -0.0668. The Balaban J connectivity index is 2.65. The molecule has 2 atom stereocenters. The summed E-state index contributed by atoms with van der Waals surface area (Å²) in [6.45, 7) is 1.49. The predicted octanol–water partition coefficient (Wildman–Crippen LogP) is 0.123. The number of amides is 1. The number of nitrogens with zero attached hydrogens (tertiary/aromatic N) is 2. The van der Waals surface area contributed by atoms with Crippen LogP contribution in [0.5, 0.6) is 0 Å². The van der Waals surface area contributed by atoms with Crippen LogP contribution in [0.3, 0.4) is 0 Å². The Morgan fingerprint density at radius 3 is 2.56 bits per heavy atom. The minimum absolute atomic E-state index is 0.0916. The number of hydrogen-bond donors (Lipinski definition) is 4. The fraction of sp³-hybridized carbons (Fsp3) is 0.737. The van der Waals surface area contributed by atoms with Gasteiger partial charge in [0.25, 0.3) is 0 Å². The number of nitrogens with two attached hydrogens (primary N) is 1. The number of carbonyl (C=O) groups is 2. The van der Waals surface area contributed by atoms with Crippen LogP contribution < -0.4 is 21.7 Å². The number of aromatic nitrogens is 2. The van der Waals surface area contributed by atoms with Crippen LogP contribution in [0.2, 0.25) is 0 Å². The van der Waals surface area contributed by atoms with Crippen LogP contribution in [-0.4, -0.2) is 60.5 Å². The molecule has 0 bridgehead atoms. The molecule has 154 valence electrons. The summed E-state index contributed by atoms with van der Waals surface area (Å²) in [4.78, 5) is 29.6. The second-order valence-corrected chi connectivity index (χ2v) is 6.95. The number of ketones is 1. The maximum absolute atomic E-state index is 12.7. The Kier molecular flexibility index (Phi) is 11.6. The smallest absolute Gasteiger partial charge is 0.238 e. The molecule has 1 aromatic rings. The van der Waals surface area contributed by atoms with Crippen LogP contribution in [0, 0.1) is 0 Å². The molecule has 1 rings (SSSR count). The van der Waals surface area contributed by atoms with Crippen molar-refractivity contribution >= 4 is 11.7 Å². The largest absolute Gasteiger partial charge is 0.345 e. The van der Waals surface area contributed by atoms with Gasteiger partial charge in [-0.2, -0.15) is 0 Å². The van der Waals surface area contributed by atoms with Gasteiger partial charge in [-0.1, -0.05) is 0 Å². The average molecular weight is 381 g/mol. The van der Waals surface area contributed by atoms with Gasteiger partial charge in [0.05, 0.1) is 24.1 Å². The molecular formula is C19H36N6O2. The second-order valence-electron chi connectivity index (χ2n) is 6.95. The van der Waals surface area contributed by atoms with Gasteiger partial charge < -0.3 is 26.3 Å². The summed E-state index contributed by atoms with van der Waals surface area (Å²) >= 11 is 0. The topological polar surface area (TPSA) is 114 Å². The Morgan fingerprint density at radius 1 is 1.19 bits per heavy atom. The quantitative estimate of drug-likeness (QED) is 0.322. The second kappa shape index (κ2) is 13.4. The van der Waals surface area contributed by atoms with Crippen molar-refractivity contribution in [1.29, 1.82) is 0 Å². The minimum atomic E-state index is -0.438. The number of Topliss-reactive ketones (excluding diaryl/α,β-unsaturated/α-hetero) is 1. The molecule has 5 N–H and O–H groups in total. The highest BCUT2D eigenvalue weighted by Crippen LogP contribution is 2.08. The third kappa shape index (κ3) is 9.12. The van der Waals surface area contributed by atoms with Crippen LogP contribution >= 0.6 is 0 Å². The summed E-state index contributed by atoms with van der Waals surface area (Å²) in [5.41, 5.74) is 6.35. The molecule has 0 aliphatic heterocycles. The number of imidazole rings is 1. The van der Waals surface area contributed by atoms with Gasteiger partial charge in [0, 0.05) is 26.1 Å². The van der Waals surface area contributed by atoms with Crippen LogP contribution in [-0.2, 0) is 23.1 Å². The van der Waals surface area contributed by atoms with E-state index in [-0.39, 0.29) is 11.7 Å². The Labute approximate surface area is 162 Å². The summed E-state index contributed by atoms with van der Waals surface area (Å²) < 4.78 is 1.85. The van der Waals surface area contributed by atoms with Crippen LogP contribution in [0.25, 0.3) is 0 Å². The molecule has 0 saturated carbocycles. The lowest BCUT2D eigenvalue weighted by atomic mass is 10.00. The first-order valence-electron chi connectivity index (χ1n) is 9.83. The zero-order valence-corrected chi connectivity index (χ0v) is 17.0. The highest BCUT2D eigenvalue weighted by Gasteiger charge is 2.24. The molecule has 8 heteroatoms. The standard InChI is InChI=1S/C19H36N6O2/c1-21-11-7-5-8-16(18(26)9-4-6-10-20)24-19(27)17(22-2)12-15-13-25(3)14-23-15/h13-14,16-17,21-22H,4-12,20H2,1-3H3,(H,24,27).